The number of aryl methyl sites for hydroxylation is 3. The molecule has 0 bridgehead atoms. The molecule has 3 aromatic rings. The van der Waals surface area contributed by atoms with Crippen molar-refractivity contribution in [3.05, 3.63) is 71.0 Å². The van der Waals surface area contributed by atoms with Gasteiger partial charge in [0.1, 0.15) is 0 Å². The Hall–Kier alpha value is -2.14. The monoisotopic (exact) mass is 435 g/mol. The van der Waals surface area contributed by atoms with Gasteiger partial charge in [0.25, 0.3) is 0 Å². The van der Waals surface area contributed by atoms with Crippen molar-refractivity contribution in [2.75, 3.05) is 0 Å². The number of halogens is 6. The molecular formula is C21H24F6NP. The van der Waals surface area contributed by atoms with E-state index in [2.05, 4.69) is 87.8 Å². The van der Waals surface area contributed by atoms with Gasteiger partial charge in [0.15, 0.2) is 11.9 Å². The molecule has 3 rings (SSSR count). The number of pyridine rings is 1. The van der Waals surface area contributed by atoms with Crippen molar-refractivity contribution in [1.29, 1.82) is 0 Å². The van der Waals surface area contributed by atoms with Gasteiger partial charge in [0.05, 0.1) is 0 Å². The van der Waals surface area contributed by atoms with E-state index in [1.807, 2.05) is 0 Å². The molecule has 0 aliphatic carbocycles. The summed E-state index contributed by atoms with van der Waals surface area (Å²) in [7, 11) is -10.7. The molecule has 0 amide bonds. The van der Waals surface area contributed by atoms with E-state index in [1.54, 1.807) is 0 Å². The molecule has 1 nitrogen and oxygen atoms in total. The first kappa shape index (κ1) is 23.1. The van der Waals surface area contributed by atoms with Crippen LogP contribution in [0.5, 0.6) is 0 Å². The van der Waals surface area contributed by atoms with E-state index >= 15 is 0 Å². The van der Waals surface area contributed by atoms with Crippen LogP contribution in [0.1, 0.15) is 42.1 Å². The van der Waals surface area contributed by atoms with E-state index in [0.717, 1.165) is 0 Å². The minimum atomic E-state index is -10.7. The first-order valence-electron chi connectivity index (χ1n) is 9.01. The predicted molar refractivity (Wildman–Crippen MR) is 107 cm³/mol. The number of hydrogen-bond acceptors (Lipinski definition) is 0. The van der Waals surface area contributed by atoms with Crippen molar-refractivity contribution >= 4 is 18.6 Å². The Morgan fingerprint density at radius 3 is 1.66 bits per heavy atom. The van der Waals surface area contributed by atoms with Gasteiger partial charge in [0.2, 0.25) is 5.69 Å². The number of benzene rings is 2. The summed E-state index contributed by atoms with van der Waals surface area (Å²) in [5.41, 5.74) is 6.57. The third kappa shape index (κ3) is 7.32. The van der Waals surface area contributed by atoms with Gasteiger partial charge in [-0.2, -0.15) is 4.57 Å². The molecule has 29 heavy (non-hydrogen) atoms. The first-order chi connectivity index (χ1) is 12.9. The number of aromatic nitrogens is 1. The van der Waals surface area contributed by atoms with E-state index in [4.69, 9.17) is 0 Å². The van der Waals surface area contributed by atoms with E-state index < -0.39 is 7.81 Å². The molecule has 0 saturated heterocycles. The van der Waals surface area contributed by atoms with Gasteiger partial charge in [-0.1, -0.05) is 38.1 Å². The minimum absolute atomic E-state index is 0.502. The predicted octanol–water partition coefficient (Wildman–Crippen LogP) is 8.55. The Bertz CT molecular complexity index is 1030. The molecule has 8 heteroatoms. The van der Waals surface area contributed by atoms with Gasteiger partial charge < -0.3 is 0 Å². The molecule has 0 aliphatic heterocycles. The average Bonchev–Trinajstić information content (AvgIpc) is 2.51. The van der Waals surface area contributed by atoms with Crippen molar-refractivity contribution in [2.45, 2.75) is 40.5 Å². The third-order valence-electron chi connectivity index (χ3n) is 4.36. The van der Waals surface area contributed by atoms with E-state index in [-0.39, 0.29) is 0 Å². The molecule has 0 N–H and O–H groups in total. The van der Waals surface area contributed by atoms with Crippen molar-refractivity contribution in [3.8, 4) is 5.69 Å². The summed E-state index contributed by atoms with van der Waals surface area (Å²) in [6.07, 6.45) is 2.32. The van der Waals surface area contributed by atoms with Crippen LogP contribution in [0.3, 0.4) is 0 Å². The number of rotatable bonds is 2. The molecule has 1 aromatic heterocycles. The summed E-state index contributed by atoms with van der Waals surface area (Å²) in [4.78, 5) is 0. The zero-order chi connectivity index (χ0) is 22.3. The zero-order valence-corrected chi connectivity index (χ0v) is 17.8. The summed E-state index contributed by atoms with van der Waals surface area (Å²) in [6, 6.07) is 15.5. The van der Waals surface area contributed by atoms with Crippen LogP contribution in [-0.2, 0) is 0 Å². The van der Waals surface area contributed by atoms with Crippen molar-refractivity contribution in [1.82, 2.24) is 0 Å². The van der Waals surface area contributed by atoms with Crippen LogP contribution >= 0.6 is 7.81 Å². The van der Waals surface area contributed by atoms with Crippen LogP contribution in [0.25, 0.3) is 16.5 Å². The molecule has 2 aromatic carbocycles. The summed E-state index contributed by atoms with van der Waals surface area (Å²) in [5.74, 6) is 0.502. The maximum absolute atomic E-state index is 10.7. The molecule has 0 spiro atoms. The van der Waals surface area contributed by atoms with Crippen LogP contribution in [-0.4, -0.2) is 0 Å². The Labute approximate surface area is 166 Å². The van der Waals surface area contributed by atoms with Crippen molar-refractivity contribution in [3.63, 3.8) is 0 Å². The number of hydrogen-bond donors (Lipinski definition) is 0. The quantitative estimate of drug-likeness (QED) is 0.216. The normalized spacial score (nSPS) is 14.2. The van der Waals surface area contributed by atoms with Gasteiger partial charge in [-0.15, -0.1) is 0 Å². The summed E-state index contributed by atoms with van der Waals surface area (Å²) < 4.78 is 61.5. The second-order valence-corrected chi connectivity index (χ2v) is 9.46. The van der Waals surface area contributed by atoms with Gasteiger partial charge in [-0.25, -0.2) is 0 Å². The number of fused-ring (bicyclic) bond motifs is 1. The molecule has 160 valence electrons. The van der Waals surface area contributed by atoms with E-state index in [0.29, 0.717) is 5.92 Å². The molecule has 0 aliphatic rings. The van der Waals surface area contributed by atoms with Crippen LogP contribution in [0, 0.1) is 20.8 Å². The van der Waals surface area contributed by atoms with Crippen LogP contribution < -0.4 is 4.57 Å². The fourth-order valence-electron chi connectivity index (χ4n) is 3.30. The summed E-state index contributed by atoms with van der Waals surface area (Å²) in [5, 5.41) is 2.71. The van der Waals surface area contributed by atoms with Crippen LogP contribution in [0.15, 0.2) is 48.7 Å². The standard InChI is InChI=1S/C21H24N.F6P/c1-14(2)21-13-22(18-11-15(3)10-16(4)12-18)17(5)19-8-6-7-9-20(19)21;1-7(2,3,4,5)6/h6-14H,1-5H3;/q+1;-1. The SMILES string of the molecule is Cc1cc(C)cc(-[n+]2cc(C(C)C)c3ccccc3c2C)c1.F[P-](F)(F)(F)(F)F. The topological polar surface area (TPSA) is 3.88 Å². The molecular weight excluding hydrogens is 411 g/mol. The zero-order valence-electron chi connectivity index (χ0n) is 16.9. The fourth-order valence-corrected chi connectivity index (χ4v) is 3.30. The Balaban J connectivity index is 0.000000370. The van der Waals surface area contributed by atoms with E-state index in [9.17, 15) is 25.2 Å². The molecule has 0 fully saturated rings. The Kier molecular flexibility index (Phi) is 5.57. The van der Waals surface area contributed by atoms with Crippen molar-refractivity contribution in [2.24, 2.45) is 0 Å². The van der Waals surface area contributed by atoms with Crippen molar-refractivity contribution < 1.29 is 29.7 Å². The van der Waals surface area contributed by atoms with Gasteiger partial charge in [-0.3, -0.25) is 0 Å². The second kappa shape index (κ2) is 6.98. The molecule has 0 radical (unpaired) electrons. The fraction of sp³-hybridized carbons (Fsp3) is 0.286. The second-order valence-electron chi connectivity index (χ2n) is 7.54. The average molecular weight is 435 g/mol. The first-order valence-corrected chi connectivity index (χ1v) is 11.0. The Morgan fingerprint density at radius 1 is 0.759 bits per heavy atom. The maximum atomic E-state index is 9.87. The number of nitrogens with zero attached hydrogens (tertiary/aromatic N) is 1. The van der Waals surface area contributed by atoms with Gasteiger partial charge in [0, 0.05) is 30.0 Å². The third-order valence-corrected chi connectivity index (χ3v) is 4.36. The van der Waals surface area contributed by atoms with Gasteiger partial charge >= 0.3 is 33.0 Å². The summed E-state index contributed by atoms with van der Waals surface area (Å²) in [6.45, 7) is 11.1. The Morgan fingerprint density at radius 2 is 1.21 bits per heavy atom. The van der Waals surface area contributed by atoms with E-state index in [1.165, 1.54) is 38.8 Å². The molecule has 1 heterocycles. The molecule has 0 saturated carbocycles. The van der Waals surface area contributed by atoms with Crippen LogP contribution in [0.2, 0.25) is 0 Å². The summed E-state index contributed by atoms with van der Waals surface area (Å²) >= 11 is 0. The van der Waals surface area contributed by atoms with Gasteiger partial charge in [-0.05, 0) is 42.3 Å². The van der Waals surface area contributed by atoms with Crippen LogP contribution in [0.4, 0.5) is 25.2 Å². The molecule has 0 unspecified atom stereocenters. The molecule has 0 atom stereocenters.